The molecule has 4 nitrogen and oxygen atoms in total. The molecule has 1 rings (SSSR count). The summed E-state index contributed by atoms with van der Waals surface area (Å²) in [5.41, 5.74) is 5.60. The van der Waals surface area contributed by atoms with Crippen molar-refractivity contribution in [1.82, 2.24) is 9.80 Å². The molecule has 1 heterocycles. The van der Waals surface area contributed by atoms with Crippen molar-refractivity contribution >= 4 is 18.3 Å². The number of hydrogen-bond donors (Lipinski definition) is 1. The lowest BCUT2D eigenvalue weighted by atomic mass is 9.94. The molecule has 2 N–H and O–H groups in total. The number of rotatable bonds is 5. The number of halogens is 4. The normalized spacial score (nSPS) is 20.4. The minimum atomic E-state index is -4.35. The van der Waals surface area contributed by atoms with Gasteiger partial charge < -0.3 is 15.5 Å². The molecule has 1 aliphatic heterocycles. The zero-order valence-electron chi connectivity index (χ0n) is 13.4. The van der Waals surface area contributed by atoms with Crippen LogP contribution in [0.1, 0.15) is 33.6 Å². The smallest absolute Gasteiger partial charge is 0.334 e. The molecule has 0 saturated carbocycles. The highest BCUT2D eigenvalue weighted by molar-refractivity contribution is 5.85. The Balaban J connectivity index is 0.00000441. The van der Waals surface area contributed by atoms with Gasteiger partial charge in [0.2, 0.25) is 5.91 Å². The number of amides is 1. The molecule has 0 aromatic carbocycles. The topological polar surface area (TPSA) is 49.6 Å². The maximum atomic E-state index is 12.5. The minimum Gasteiger partial charge on any atom is -0.334 e. The maximum absolute atomic E-state index is 12.5. The van der Waals surface area contributed by atoms with E-state index in [4.69, 9.17) is 5.73 Å². The number of likely N-dealkylation sites (tertiary alicyclic amines) is 1. The molecule has 0 radical (unpaired) electrons. The molecule has 8 heteroatoms. The SMILES string of the molecule is CCN(CC(F)(F)F)C(=O)C1CCCN(CC(C)(C)N)C1.Cl. The fourth-order valence-corrected chi connectivity index (χ4v) is 2.80. The van der Waals surface area contributed by atoms with E-state index in [9.17, 15) is 18.0 Å². The van der Waals surface area contributed by atoms with Crippen molar-refractivity contribution in [2.24, 2.45) is 11.7 Å². The molecule has 0 aliphatic carbocycles. The summed E-state index contributed by atoms with van der Waals surface area (Å²) >= 11 is 0. The number of nitrogens with zero attached hydrogens (tertiary/aromatic N) is 2. The third-order valence-electron chi connectivity index (χ3n) is 3.55. The summed E-state index contributed by atoms with van der Waals surface area (Å²) < 4.78 is 37.5. The predicted molar refractivity (Wildman–Crippen MR) is 83.0 cm³/mol. The first-order chi connectivity index (χ1) is 9.52. The van der Waals surface area contributed by atoms with Crippen LogP contribution in [0.4, 0.5) is 13.2 Å². The molecular weight excluding hydrogens is 319 g/mol. The Bertz CT molecular complexity index is 358. The molecule has 1 amide bonds. The molecule has 0 aromatic heterocycles. The maximum Gasteiger partial charge on any atom is 0.406 e. The highest BCUT2D eigenvalue weighted by Gasteiger charge is 2.36. The van der Waals surface area contributed by atoms with E-state index in [-0.39, 0.29) is 30.4 Å². The van der Waals surface area contributed by atoms with E-state index in [1.807, 2.05) is 13.8 Å². The van der Waals surface area contributed by atoms with Gasteiger partial charge >= 0.3 is 6.18 Å². The zero-order valence-corrected chi connectivity index (χ0v) is 14.3. The van der Waals surface area contributed by atoms with E-state index in [0.717, 1.165) is 17.9 Å². The van der Waals surface area contributed by atoms with Gasteiger partial charge in [0.15, 0.2) is 0 Å². The quantitative estimate of drug-likeness (QED) is 0.831. The van der Waals surface area contributed by atoms with Gasteiger partial charge in [0.1, 0.15) is 6.54 Å². The molecule has 132 valence electrons. The standard InChI is InChI=1S/C14H26F3N3O.ClH/c1-4-20(10-14(15,16)17)12(21)11-6-5-7-19(8-11)9-13(2,3)18;/h11H,4-10,18H2,1-3H3;1H. The second-order valence-corrected chi connectivity index (χ2v) is 6.53. The van der Waals surface area contributed by atoms with Gasteiger partial charge in [-0.2, -0.15) is 13.2 Å². The molecule has 1 unspecified atom stereocenters. The summed E-state index contributed by atoms with van der Waals surface area (Å²) in [5.74, 6) is -0.752. The molecule has 1 atom stereocenters. The van der Waals surface area contributed by atoms with Gasteiger partial charge in [0.25, 0.3) is 0 Å². The third-order valence-corrected chi connectivity index (χ3v) is 3.55. The minimum absolute atomic E-state index is 0. The lowest BCUT2D eigenvalue weighted by Gasteiger charge is -2.37. The van der Waals surface area contributed by atoms with Crippen LogP contribution in [0.5, 0.6) is 0 Å². The van der Waals surface area contributed by atoms with E-state index in [1.165, 1.54) is 0 Å². The lowest BCUT2D eigenvalue weighted by molar-refractivity contribution is -0.164. The number of carbonyl (C=O) groups excluding carboxylic acids is 1. The van der Waals surface area contributed by atoms with Crippen molar-refractivity contribution in [3.63, 3.8) is 0 Å². The molecule has 1 fully saturated rings. The fraction of sp³-hybridized carbons (Fsp3) is 0.929. The second kappa shape index (κ2) is 8.36. The largest absolute Gasteiger partial charge is 0.406 e. The van der Waals surface area contributed by atoms with Crippen molar-refractivity contribution in [2.45, 2.75) is 45.3 Å². The van der Waals surface area contributed by atoms with E-state index in [1.54, 1.807) is 6.92 Å². The van der Waals surface area contributed by atoms with E-state index < -0.39 is 18.6 Å². The Morgan fingerprint density at radius 2 is 1.95 bits per heavy atom. The number of alkyl halides is 3. The summed E-state index contributed by atoms with van der Waals surface area (Å²) in [6, 6.07) is 0. The average molecular weight is 346 g/mol. The molecule has 0 bridgehead atoms. The van der Waals surface area contributed by atoms with Crippen LogP contribution < -0.4 is 5.73 Å². The molecule has 0 spiro atoms. The number of nitrogens with two attached hydrogens (primary N) is 1. The van der Waals surface area contributed by atoms with E-state index >= 15 is 0 Å². The van der Waals surface area contributed by atoms with Crippen LogP contribution in [0.2, 0.25) is 0 Å². The first kappa shape index (κ1) is 21.5. The first-order valence-corrected chi connectivity index (χ1v) is 7.38. The number of piperidine rings is 1. The van der Waals surface area contributed by atoms with Crippen molar-refractivity contribution in [3.8, 4) is 0 Å². The predicted octanol–water partition coefficient (Wildman–Crippen LogP) is 2.27. The van der Waals surface area contributed by atoms with Crippen LogP contribution in [0.15, 0.2) is 0 Å². The lowest BCUT2D eigenvalue weighted by Crippen LogP contribution is -2.52. The summed E-state index contributed by atoms with van der Waals surface area (Å²) in [7, 11) is 0. The molecule has 1 aliphatic rings. The van der Waals surface area contributed by atoms with Gasteiger partial charge in [-0.05, 0) is 40.2 Å². The van der Waals surface area contributed by atoms with Crippen LogP contribution in [0.25, 0.3) is 0 Å². The number of carbonyl (C=O) groups is 1. The van der Waals surface area contributed by atoms with Crippen molar-refractivity contribution < 1.29 is 18.0 Å². The third kappa shape index (κ3) is 7.65. The van der Waals surface area contributed by atoms with Gasteiger partial charge in [-0.15, -0.1) is 12.4 Å². The van der Waals surface area contributed by atoms with Crippen LogP contribution in [0, 0.1) is 5.92 Å². The summed E-state index contributed by atoms with van der Waals surface area (Å²) in [6.45, 7) is 6.28. The Hall–Kier alpha value is -0.530. The van der Waals surface area contributed by atoms with Gasteiger partial charge in [-0.3, -0.25) is 4.79 Å². The average Bonchev–Trinajstić information content (AvgIpc) is 2.32. The first-order valence-electron chi connectivity index (χ1n) is 7.38. The molecular formula is C14H27ClF3N3O. The summed E-state index contributed by atoms with van der Waals surface area (Å²) in [6.07, 6.45) is -2.88. The highest BCUT2D eigenvalue weighted by atomic mass is 35.5. The summed E-state index contributed by atoms with van der Waals surface area (Å²) in [5, 5.41) is 0. The van der Waals surface area contributed by atoms with Gasteiger partial charge in [0, 0.05) is 25.2 Å². The highest BCUT2D eigenvalue weighted by Crippen LogP contribution is 2.23. The van der Waals surface area contributed by atoms with Crippen LogP contribution in [0.3, 0.4) is 0 Å². The van der Waals surface area contributed by atoms with Crippen molar-refractivity contribution in [1.29, 1.82) is 0 Å². The Morgan fingerprint density at radius 1 is 1.36 bits per heavy atom. The monoisotopic (exact) mass is 345 g/mol. The number of hydrogen-bond acceptors (Lipinski definition) is 3. The Labute approximate surface area is 136 Å². The second-order valence-electron chi connectivity index (χ2n) is 6.53. The van der Waals surface area contributed by atoms with Gasteiger partial charge in [0.05, 0.1) is 5.92 Å². The van der Waals surface area contributed by atoms with Crippen molar-refractivity contribution in [3.05, 3.63) is 0 Å². The van der Waals surface area contributed by atoms with Gasteiger partial charge in [-0.25, -0.2) is 0 Å². The Kier molecular flexibility index (Phi) is 8.16. The van der Waals surface area contributed by atoms with Crippen LogP contribution in [-0.4, -0.2) is 60.1 Å². The van der Waals surface area contributed by atoms with E-state index in [0.29, 0.717) is 19.5 Å². The van der Waals surface area contributed by atoms with Crippen LogP contribution >= 0.6 is 12.4 Å². The summed E-state index contributed by atoms with van der Waals surface area (Å²) in [4.78, 5) is 15.3. The van der Waals surface area contributed by atoms with E-state index in [2.05, 4.69) is 4.90 Å². The van der Waals surface area contributed by atoms with Crippen molar-refractivity contribution in [2.75, 3.05) is 32.7 Å². The zero-order chi connectivity index (χ0) is 16.3. The fourth-order valence-electron chi connectivity index (χ4n) is 2.80. The Morgan fingerprint density at radius 3 is 2.41 bits per heavy atom. The van der Waals surface area contributed by atoms with Crippen LogP contribution in [-0.2, 0) is 4.79 Å². The molecule has 0 aromatic rings. The van der Waals surface area contributed by atoms with Gasteiger partial charge in [-0.1, -0.05) is 0 Å². The molecule has 1 saturated heterocycles. The molecule has 22 heavy (non-hydrogen) atoms.